The summed E-state index contributed by atoms with van der Waals surface area (Å²) in [6, 6.07) is 3.40. The first kappa shape index (κ1) is 14.1. The molecule has 1 rings (SSSR count). The van der Waals surface area contributed by atoms with E-state index in [4.69, 9.17) is 10.5 Å². The van der Waals surface area contributed by atoms with Crippen LogP contribution in [0.2, 0.25) is 0 Å². The Hall–Kier alpha value is -1.98. The van der Waals surface area contributed by atoms with Crippen molar-refractivity contribution in [3.63, 3.8) is 0 Å². The van der Waals surface area contributed by atoms with Gasteiger partial charge in [0.15, 0.2) is 5.82 Å². The summed E-state index contributed by atoms with van der Waals surface area (Å²) < 4.78 is 5.00. The molecular formula is C12H20N4O2. The fourth-order valence-corrected chi connectivity index (χ4v) is 1.35. The van der Waals surface area contributed by atoms with Gasteiger partial charge in [0, 0.05) is 25.6 Å². The van der Waals surface area contributed by atoms with Crippen LogP contribution >= 0.6 is 0 Å². The van der Waals surface area contributed by atoms with E-state index in [1.807, 2.05) is 6.92 Å². The number of hydrogen-bond acceptors (Lipinski definition) is 5. The van der Waals surface area contributed by atoms with Crippen molar-refractivity contribution in [2.75, 3.05) is 31.2 Å². The Bertz CT molecular complexity index is 396. The van der Waals surface area contributed by atoms with Crippen molar-refractivity contribution < 1.29 is 9.53 Å². The topological polar surface area (TPSA) is 89.3 Å². The van der Waals surface area contributed by atoms with E-state index in [1.165, 1.54) is 0 Å². The number of hydrogen-bond donors (Lipinski definition) is 3. The third kappa shape index (κ3) is 4.48. The Labute approximate surface area is 107 Å². The number of carbonyl (C=O) groups excluding carboxylic acids is 1. The molecule has 1 aromatic heterocycles. The molecule has 0 unspecified atom stereocenters. The Morgan fingerprint density at radius 2 is 2.22 bits per heavy atom. The summed E-state index contributed by atoms with van der Waals surface area (Å²) in [6.45, 7) is 3.21. The molecule has 1 heterocycles. The number of nitrogens with one attached hydrogen (secondary N) is 2. The van der Waals surface area contributed by atoms with Gasteiger partial charge < -0.3 is 21.1 Å². The molecule has 4 N–H and O–H groups in total. The van der Waals surface area contributed by atoms with Crippen molar-refractivity contribution in [1.82, 2.24) is 10.3 Å². The number of nitrogen functional groups attached to an aromatic ring is 1. The number of rotatable bonds is 7. The number of nitrogens with zero attached hydrogens (tertiary/aromatic N) is 1. The Morgan fingerprint density at radius 3 is 2.89 bits per heavy atom. The zero-order valence-corrected chi connectivity index (χ0v) is 10.8. The molecule has 100 valence electrons. The summed E-state index contributed by atoms with van der Waals surface area (Å²) in [5, 5.41) is 5.82. The molecule has 0 aromatic carbocycles. The van der Waals surface area contributed by atoms with Crippen LogP contribution < -0.4 is 21.1 Å². The molecule has 0 aliphatic rings. The number of nitrogens with two attached hydrogens (primary N) is 1. The van der Waals surface area contributed by atoms with Gasteiger partial charge in [-0.1, -0.05) is 6.92 Å². The lowest BCUT2D eigenvalue weighted by molar-refractivity contribution is -0.120. The lowest BCUT2D eigenvalue weighted by atomic mass is 10.3. The average molecular weight is 252 g/mol. The molecule has 0 radical (unpaired) electrons. The number of anilines is 2. The third-order valence-corrected chi connectivity index (χ3v) is 2.33. The number of pyridine rings is 1. The van der Waals surface area contributed by atoms with Crippen LogP contribution in [-0.4, -0.2) is 31.1 Å². The lowest BCUT2D eigenvalue weighted by Gasteiger charge is -2.09. The standard InChI is InChI=1S/C12H20N4O2/c1-3-7-14-10(17)6-8-15-12-9(13)4-5-11(16-12)18-2/h4-5H,3,6-8,13H2,1-2H3,(H,14,17)(H,15,16). The van der Waals surface area contributed by atoms with Gasteiger partial charge in [-0.2, -0.15) is 4.98 Å². The SMILES string of the molecule is CCCNC(=O)CCNc1nc(OC)ccc1N. The first-order valence-electron chi connectivity index (χ1n) is 5.98. The summed E-state index contributed by atoms with van der Waals surface area (Å²) >= 11 is 0. The molecule has 0 atom stereocenters. The van der Waals surface area contributed by atoms with E-state index in [2.05, 4.69) is 15.6 Å². The first-order valence-corrected chi connectivity index (χ1v) is 5.98. The molecule has 0 aliphatic heterocycles. The van der Waals surface area contributed by atoms with E-state index < -0.39 is 0 Å². The fraction of sp³-hybridized carbons (Fsp3) is 0.500. The van der Waals surface area contributed by atoms with E-state index >= 15 is 0 Å². The summed E-state index contributed by atoms with van der Waals surface area (Å²) in [5.41, 5.74) is 6.29. The normalized spacial score (nSPS) is 9.89. The smallest absolute Gasteiger partial charge is 0.221 e. The van der Waals surface area contributed by atoms with Gasteiger partial charge >= 0.3 is 0 Å². The van der Waals surface area contributed by atoms with Crippen molar-refractivity contribution in [3.8, 4) is 5.88 Å². The first-order chi connectivity index (χ1) is 8.67. The predicted molar refractivity (Wildman–Crippen MR) is 71.6 cm³/mol. The molecule has 6 nitrogen and oxygen atoms in total. The molecule has 1 aromatic rings. The summed E-state index contributed by atoms with van der Waals surface area (Å²) in [6.07, 6.45) is 1.32. The Morgan fingerprint density at radius 1 is 1.44 bits per heavy atom. The summed E-state index contributed by atoms with van der Waals surface area (Å²) in [4.78, 5) is 15.5. The molecule has 0 spiro atoms. The van der Waals surface area contributed by atoms with E-state index in [9.17, 15) is 4.79 Å². The zero-order valence-electron chi connectivity index (χ0n) is 10.8. The second-order valence-corrected chi connectivity index (χ2v) is 3.82. The molecule has 1 amide bonds. The molecule has 0 saturated carbocycles. The van der Waals surface area contributed by atoms with Gasteiger partial charge in [-0.15, -0.1) is 0 Å². The van der Waals surface area contributed by atoms with Crippen molar-refractivity contribution >= 4 is 17.4 Å². The molecular weight excluding hydrogens is 232 g/mol. The van der Waals surface area contributed by atoms with Gasteiger partial charge in [0.25, 0.3) is 0 Å². The molecule has 0 aliphatic carbocycles. The zero-order chi connectivity index (χ0) is 13.4. The maximum Gasteiger partial charge on any atom is 0.221 e. The Kier molecular flexibility index (Phi) is 5.76. The van der Waals surface area contributed by atoms with E-state index in [1.54, 1.807) is 19.2 Å². The highest BCUT2D eigenvalue weighted by atomic mass is 16.5. The summed E-state index contributed by atoms with van der Waals surface area (Å²) in [7, 11) is 1.54. The Balaban J connectivity index is 2.41. The van der Waals surface area contributed by atoms with Crippen molar-refractivity contribution in [3.05, 3.63) is 12.1 Å². The van der Waals surface area contributed by atoms with Crippen LogP contribution in [0.25, 0.3) is 0 Å². The maximum absolute atomic E-state index is 11.4. The number of ether oxygens (including phenoxy) is 1. The minimum absolute atomic E-state index is 0.0193. The highest BCUT2D eigenvalue weighted by molar-refractivity contribution is 5.76. The molecule has 0 fully saturated rings. The number of aromatic nitrogens is 1. The monoisotopic (exact) mass is 252 g/mol. The van der Waals surface area contributed by atoms with Crippen molar-refractivity contribution in [2.45, 2.75) is 19.8 Å². The van der Waals surface area contributed by atoms with Gasteiger partial charge in [0.2, 0.25) is 11.8 Å². The van der Waals surface area contributed by atoms with Crippen LogP contribution in [0.1, 0.15) is 19.8 Å². The molecule has 0 bridgehead atoms. The van der Waals surface area contributed by atoms with Gasteiger partial charge in [0.1, 0.15) is 0 Å². The highest BCUT2D eigenvalue weighted by Gasteiger charge is 2.04. The number of amides is 1. The van der Waals surface area contributed by atoms with Crippen LogP contribution in [0.3, 0.4) is 0 Å². The van der Waals surface area contributed by atoms with Crippen molar-refractivity contribution in [1.29, 1.82) is 0 Å². The van der Waals surface area contributed by atoms with Gasteiger partial charge in [-0.05, 0) is 12.5 Å². The molecule has 0 saturated heterocycles. The average Bonchev–Trinajstić information content (AvgIpc) is 2.38. The lowest BCUT2D eigenvalue weighted by Crippen LogP contribution is -2.26. The van der Waals surface area contributed by atoms with Crippen LogP contribution in [0, 0.1) is 0 Å². The molecule has 18 heavy (non-hydrogen) atoms. The van der Waals surface area contributed by atoms with E-state index in [0.717, 1.165) is 6.42 Å². The predicted octanol–water partition coefficient (Wildman–Crippen LogP) is 1.00. The minimum Gasteiger partial charge on any atom is -0.481 e. The fourth-order valence-electron chi connectivity index (χ4n) is 1.35. The maximum atomic E-state index is 11.4. The quantitative estimate of drug-likeness (QED) is 0.673. The van der Waals surface area contributed by atoms with Gasteiger partial charge in [0.05, 0.1) is 12.8 Å². The van der Waals surface area contributed by atoms with Crippen LogP contribution in [0.4, 0.5) is 11.5 Å². The molecule has 6 heteroatoms. The second kappa shape index (κ2) is 7.37. The number of carbonyl (C=O) groups is 1. The largest absolute Gasteiger partial charge is 0.481 e. The van der Waals surface area contributed by atoms with Gasteiger partial charge in [-0.25, -0.2) is 0 Å². The third-order valence-electron chi connectivity index (χ3n) is 2.33. The van der Waals surface area contributed by atoms with Crippen LogP contribution in [-0.2, 0) is 4.79 Å². The van der Waals surface area contributed by atoms with Crippen molar-refractivity contribution in [2.24, 2.45) is 0 Å². The van der Waals surface area contributed by atoms with E-state index in [-0.39, 0.29) is 5.91 Å². The van der Waals surface area contributed by atoms with E-state index in [0.29, 0.717) is 36.9 Å². The van der Waals surface area contributed by atoms with Crippen LogP contribution in [0.5, 0.6) is 5.88 Å². The summed E-state index contributed by atoms with van der Waals surface area (Å²) in [5.74, 6) is 1.05. The second-order valence-electron chi connectivity index (χ2n) is 3.82. The number of methoxy groups -OCH3 is 1. The van der Waals surface area contributed by atoms with Gasteiger partial charge in [-0.3, -0.25) is 4.79 Å². The highest BCUT2D eigenvalue weighted by Crippen LogP contribution is 2.19. The van der Waals surface area contributed by atoms with Crippen LogP contribution in [0.15, 0.2) is 12.1 Å². The minimum atomic E-state index is 0.0193.